The summed E-state index contributed by atoms with van der Waals surface area (Å²) in [6.07, 6.45) is 0. The lowest BCUT2D eigenvalue weighted by atomic mass is 9.72. The minimum absolute atomic E-state index is 0.160. The highest BCUT2D eigenvalue weighted by Crippen LogP contribution is 2.46. The molecule has 2 aromatic rings. The van der Waals surface area contributed by atoms with Crippen molar-refractivity contribution >= 4 is 23.2 Å². The van der Waals surface area contributed by atoms with Gasteiger partial charge in [-0.05, 0) is 24.6 Å². The minimum Gasteiger partial charge on any atom is -0.497 e. The summed E-state index contributed by atoms with van der Waals surface area (Å²) in [4.78, 5) is 28.3. The van der Waals surface area contributed by atoms with Crippen molar-refractivity contribution in [2.75, 3.05) is 7.11 Å². The summed E-state index contributed by atoms with van der Waals surface area (Å²) < 4.78 is 10.8. The summed E-state index contributed by atoms with van der Waals surface area (Å²) >= 11 is 1.46. The van der Waals surface area contributed by atoms with Crippen molar-refractivity contribution in [3.63, 3.8) is 0 Å². The Balaban J connectivity index is 2.00. The van der Waals surface area contributed by atoms with Crippen LogP contribution < -0.4 is 10.1 Å². The lowest BCUT2D eigenvalue weighted by molar-refractivity contribution is -0.175. The number of ether oxygens (including phenoxy) is 2. The molecule has 2 heterocycles. The molecule has 0 aliphatic carbocycles. The second-order valence-corrected chi connectivity index (χ2v) is 6.53. The van der Waals surface area contributed by atoms with Gasteiger partial charge in [-0.15, -0.1) is 11.3 Å². The molecule has 1 N–H and O–H groups in total. The second-order valence-electron chi connectivity index (χ2n) is 5.81. The number of nitrogens with zero attached hydrogens (tertiary/aromatic N) is 1. The van der Waals surface area contributed by atoms with Gasteiger partial charge in [0.2, 0.25) is 5.91 Å². The van der Waals surface area contributed by atoms with Crippen LogP contribution in [0.25, 0.3) is 0 Å². The van der Waals surface area contributed by atoms with Crippen molar-refractivity contribution in [2.24, 2.45) is 5.92 Å². The van der Waals surface area contributed by atoms with Gasteiger partial charge < -0.3 is 14.8 Å². The maximum absolute atomic E-state index is 12.3. The maximum Gasteiger partial charge on any atom is 0.303 e. The average molecular weight is 346 g/mol. The molecule has 24 heavy (non-hydrogen) atoms. The van der Waals surface area contributed by atoms with Crippen LogP contribution in [-0.4, -0.2) is 24.0 Å². The molecule has 1 amide bonds. The van der Waals surface area contributed by atoms with E-state index in [1.165, 1.54) is 18.3 Å². The van der Waals surface area contributed by atoms with E-state index in [1.807, 2.05) is 17.5 Å². The van der Waals surface area contributed by atoms with Crippen LogP contribution in [0.15, 0.2) is 35.2 Å². The second kappa shape index (κ2) is 6.24. The Bertz CT molecular complexity index is 744. The first-order chi connectivity index (χ1) is 11.5. The number of esters is 1. The Hall–Kier alpha value is -2.41. The third kappa shape index (κ3) is 2.75. The molecule has 1 aliphatic rings. The smallest absolute Gasteiger partial charge is 0.303 e. The summed E-state index contributed by atoms with van der Waals surface area (Å²) in [6.45, 7) is 3.11. The fourth-order valence-electron chi connectivity index (χ4n) is 3.09. The fraction of sp³-hybridized carbons (Fsp3) is 0.353. The van der Waals surface area contributed by atoms with Crippen LogP contribution in [0.1, 0.15) is 31.1 Å². The molecule has 1 aromatic carbocycles. The summed E-state index contributed by atoms with van der Waals surface area (Å²) in [5, 5.41) is 4.74. The quantitative estimate of drug-likeness (QED) is 0.664. The highest BCUT2D eigenvalue weighted by Gasteiger charge is 2.55. The lowest BCUT2D eigenvalue weighted by Gasteiger charge is -2.46. The SMILES string of the molecule is COc1ccc(C(C)(OC(C)=O)C2C(=O)NC2c2cscn2)cc1. The van der Waals surface area contributed by atoms with E-state index in [0.717, 1.165) is 11.3 Å². The number of hydrogen-bond donors (Lipinski definition) is 1. The number of benzene rings is 1. The molecular weight excluding hydrogens is 328 g/mol. The number of aromatic nitrogens is 1. The maximum atomic E-state index is 12.3. The molecule has 126 valence electrons. The topological polar surface area (TPSA) is 77.5 Å². The van der Waals surface area contributed by atoms with Crippen molar-refractivity contribution in [3.05, 3.63) is 46.4 Å². The van der Waals surface area contributed by atoms with Gasteiger partial charge in [-0.2, -0.15) is 0 Å². The number of β-lactam (4-membered cyclic amide) rings is 1. The van der Waals surface area contributed by atoms with E-state index in [-0.39, 0.29) is 11.9 Å². The van der Waals surface area contributed by atoms with Gasteiger partial charge in [0.15, 0.2) is 0 Å². The van der Waals surface area contributed by atoms with Crippen LogP contribution in [0.4, 0.5) is 0 Å². The average Bonchev–Trinajstić information content (AvgIpc) is 3.05. The van der Waals surface area contributed by atoms with Crippen molar-refractivity contribution in [3.8, 4) is 5.75 Å². The fourth-order valence-corrected chi connectivity index (χ4v) is 3.68. The molecule has 0 bridgehead atoms. The number of carbonyl (C=O) groups is 2. The molecule has 1 fully saturated rings. The lowest BCUT2D eigenvalue weighted by Crippen LogP contribution is -2.60. The van der Waals surface area contributed by atoms with Gasteiger partial charge in [-0.25, -0.2) is 4.98 Å². The van der Waals surface area contributed by atoms with Crippen molar-refractivity contribution in [1.29, 1.82) is 0 Å². The van der Waals surface area contributed by atoms with E-state index in [4.69, 9.17) is 9.47 Å². The zero-order valence-corrected chi connectivity index (χ0v) is 14.4. The molecule has 1 saturated heterocycles. The number of methoxy groups -OCH3 is 1. The molecule has 1 aliphatic heterocycles. The van der Waals surface area contributed by atoms with E-state index in [2.05, 4.69) is 10.3 Å². The predicted octanol–water partition coefficient (Wildman–Crippen LogP) is 2.42. The Morgan fingerprint density at radius 1 is 1.33 bits per heavy atom. The van der Waals surface area contributed by atoms with Crippen molar-refractivity contribution in [1.82, 2.24) is 10.3 Å². The molecule has 3 unspecified atom stereocenters. The minimum atomic E-state index is -1.09. The van der Waals surface area contributed by atoms with Gasteiger partial charge in [0.1, 0.15) is 17.3 Å². The first-order valence-electron chi connectivity index (χ1n) is 7.48. The summed E-state index contributed by atoms with van der Waals surface area (Å²) in [5.74, 6) is -0.451. The molecule has 3 atom stereocenters. The monoisotopic (exact) mass is 346 g/mol. The molecule has 0 saturated carbocycles. The van der Waals surface area contributed by atoms with E-state index in [0.29, 0.717) is 5.75 Å². The highest BCUT2D eigenvalue weighted by molar-refractivity contribution is 7.07. The Kier molecular flexibility index (Phi) is 4.28. The molecule has 1 aromatic heterocycles. The van der Waals surface area contributed by atoms with Gasteiger partial charge in [0.05, 0.1) is 24.4 Å². The Morgan fingerprint density at radius 3 is 2.54 bits per heavy atom. The van der Waals surface area contributed by atoms with E-state index in [1.54, 1.807) is 31.7 Å². The molecule has 6 nitrogen and oxygen atoms in total. The number of amides is 1. The van der Waals surface area contributed by atoms with E-state index in [9.17, 15) is 9.59 Å². The van der Waals surface area contributed by atoms with Crippen LogP contribution in [-0.2, 0) is 19.9 Å². The number of thiazole rings is 1. The summed E-state index contributed by atoms with van der Waals surface area (Å²) in [7, 11) is 1.58. The van der Waals surface area contributed by atoms with Crippen LogP contribution in [0.2, 0.25) is 0 Å². The third-order valence-corrected chi connectivity index (χ3v) is 4.90. The first kappa shape index (κ1) is 16.4. The van der Waals surface area contributed by atoms with Crippen LogP contribution in [0, 0.1) is 5.92 Å². The molecule has 0 spiro atoms. The zero-order chi connectivity index (χ0) is 17.3. The van der Waals surface area contributed by atoms with Gasteiger partial charge in [-0.3, -0.25) is 9.59 Å². The molecule has 3 rings (SSSR count). The third-order valence-electron chi connectivity index (χ3n) is 4.30. The van der Waals surface area contributed by atoms with Gasteiger partial charge in [-0.1, -0.05) is 12.1 Å². The first-order valence-corrected chi connectivity index (χ1v) is 8.42. The molecule has 0 radical (unpaired) electrons. The van der Waals surface area contributed by atoms with E-state index < -0.39 is 17.5 Å². The van der Waals surface area contributed by atoms with Crippen molar-refractivity contribution < 1.29 is 19.1 Å². The largest absolute Gasteiger partial charge is 0.497 e. The number of carbonyl (C=O) groups excluding carboxylic acids is 2. The zero-order valence-electron chi connectivity index (χ0n) is 13.6. The van der Waals surface area contributed by atoms with Gasteiger partial charge >= 0.3 is 5.97 Å². The van der Waals surface area contributed by atoms with Gasteiger partial charge in [0.25, 0.3) is 0 Å². The molecule has 7 heteroatoms. The van der Waals surface area contributed by atoms with Crippen LogP contribution >= 0.6 is 11.3 Å². The van der Waals surface area contributed by atoms with Crippen molar-refractivity contribution in [2.45, 2.75) is 25.5 Å². The number of nitrogens with one attached hydrogen (secondary N) is 1. The van der Waals surface area contributed by atoms with Crippen LogP contribution in [0.3, 0.4) is 0 Å². The summed E-state index contributed by atoms with van der Waals surface area (Å²) in [5.41, 5.74) is 2.14. The normalized spacial score (nSPS) is 22.0. The Labute approximate surface area is 143 Å². The molecular formula is C17H18N2O4S. The highest BCUT2D eigenvalue weighted by atomic mass is 32.1. The Morgan fingerprint density at radius 2 is 2.04 bits per heavy atom. The standard InChI is InChI=1S/C17H18N2O4S/c1-10(20)23-17(2,11-4-6-12(22-3)7-5-11)14-15(19-16(14)21)13-8-24-9-18-13/h4-9,14-15H,1-3H3,(H,19,21). The van der Waals surface area contributed by atoms with Crippen LogP contribution in [0.5, 0.6) is 5.75 Å². The predicted molar refractivity (Wildman–Crippen MR) is 88.6 cm³/mol. The van der Waals surface area contributed by atoms with E-state index >= 15 is 0 Å². The summed E-state index contributed by atoms with van der Waals surface area (Å²) in [6, 6.07) is 6.91. The van der Waals surface area contributed by atoms with Gasteiger partial charge in [0, 0.05) is 12.3 Å². The number of hydrogen-bond acceptors (Lipinski definition) is 6. The number of rotatable bonds is 5.